The highest BCUT2D eigenvalue weighted by molar-refractivity contribution is 7.14. The number of likely N-dealkylation sites (N-methyl/N-ethyl adjacent to an activating group) is 1. The summed E-state index contributed by atoms with van der Waals surface area (Å²) in [4.78, 5) is 31.3. The van der Waals surface area contributed by atoms with Gasteiger partial charge in [0.2, 0.25) is 5.91 Å². The fourth-order valence-electron chi connectivity index (χ4n) is 3.49. The molecule has 1 aliphatic rings. The topological polar surface area (TPSA) is 62.3 Å². The number of carbonyl (C=O) groups excluding carboxylic acids is 2. The molecule has 0 radical (unpaired) electrons. The molecule has 0 aliphatic carbocycles. The number of halogens is 3. The first-order valence-electron chi connectivity index (χ1n) is 8.94. The number of rotatable bonds is 3. The van der Waals surface area contributed by atoms with Crippen molar-refractivity contribution in [2.45, 2.75) is 19.3 Å². The molecule has 2 amide bonds. The van der Waals surface area contributed by atoms with Crippen molar-refractivity contribution in [2.75, 3.05) is 17.3 Å². The van der Waals surface area contributed by atoms with E-state index < -0.39 is 11.3 Å². The van der Waals surface area contributed by atoms with Crippen LogP contribution < -0.4 is 10.2 Å². The second-order valence-electron chi connectivity index (χ2n) is 7.43. The zero-order chi connectivity index (χ0) is 21.8. The molecule has 0 saturated heterocycles. The molecule has 0 atom stereocenters. The van der Waals surface area contributed by atoms with E-state index in [-0.39, 0.29) is 26.5 Å². The monoisotopic (exact) mass is 479 g/mol. The molecule has 2 aromatic carbocycles. The highest BCUT2D eigenvalue weighted by Gasteiger charge is 2.42. The molecule has 5 nitrogen and oxygen atoms in total. The standard InChI is InChI=1S/C21H16Cl3N3O2S/c1-21(2)11-8-10(4-7-15(11)27(3)19(21)29)14-9-30-20(25-14)26-18(28)16-12(22)5-6-13(23)17(16)24/h4-9H,1-3H3,(H,25,26,28). The summed E-state index contributed by atoms with van der Waals surface area (Å²) in [7, 11) is 1.78. The van der Waals surface area contributed by atoms with Crippen molar-refractivity contribution in [3.63, 3.8) is 0 Å². The Morgan fingerprint density at radius 2 is 1.83 bits per heavy atom. The summed E-state index contributed by atoms with van der Waals surface area (Å²) in [6.45, 7) is 3.82. The Morgan fingerprint density at radius 1 is 1.13 bits per heavy atom. The van der Waals surface area contributed by atoms with Crippen LogP contribution in [0.2, 0.25) is 15.1 Å². The van der Waals surface area contributed by atoms with E-state index in [0.717, 1.165) is 16.8 Å². The first-order chi connectivity index (χ1) is 14.1. The molecule has 1 aliphatic heterocycles. The summed E-state index contributed by atoms with van der Waals surface area (Å²) >= 11 is 19.5. The normalized spacial score (nSPS) is 14.7. The Labute approximate surface area is 192 Å². The SMILES string of the molecule is CN1C(=O)C(C)(C)c2cc(-c3csc(NC(=O)c4c(Cl)ccc(Cl)c4Cl)n3)ccc21. The molecule has 1 aromatic heterocycles. The number of hydrogen-bond acceptors (Lipinski definition) is 4. The smallest absolute Gasteiger partial charge is 0.260 e. The van der Waals surface area contributed by atoms with Crippen LogP contribution in [0.3, 0.4) is 0 Å². The molecule has 0 fully saturated rings. The average molecular weight is 481 g/mol. The average Bonchev–Trinajstić information content (AvgIpc) is 3.23. The van der Waals surface area contributed by atoms with Crippen molar-refractivity contribution >= 4 is 68.8 Å². The first kappa shape index (κ1) is 21.1. The quantitative estimate of drug-likeness (QED) is 0.449. The zero-order valence-electron chi connectivity index (χ0n) is 16.2. The van der Waals surface area contributed by atoms with E-state index in [0.29, 0.717) is 10.8 Å². The lowest BCUT2D eigenvalue weighted by Crippen LogP contribution is -2.33. The van der Waals surface area contributed by atoms with Crippen LogP contribution in [-0.4, -0.2) is 23.8 Å². The van der Waals surface area contributed by atoms with Crippen LogP contribution in [0.15, 0.2) is 35.7 Å². The van der Waals surface area contributed by atoms with Gasteiger partial charge in [0, 0.05) is 23.7 Å². The van der Waals surface area contributed by atoms with Gasteiger partial charge in [-0.15, -0.1) is 11.3 Å². The van der Waals surface area contributed by atoms with Gasteiger partial charge in [0.05, 0.1) is 31.7 Å². The van der Waals surface area contributed by atoms with E-state index in [1.54, 1.807) is 11.9 Å². The van der Waals surface area contributed by atoms with Crippen LogP contribution in [0.4, 0.5) is 10.8 Å². The van der Waals surface area contributed by atoms with Gasteiger partial charge in [-0.25, -0.2) is 4.98 Å². The maximum atomic E-state index is 12.6. The van der Waals surface area contributed by atoms with Crippen LogP contribution in [-0.2, 0) is 10.2 Å². The van der Waals surface area contributed by atoms with Crippen molar-refractivity contribution in [2.24, 2.45) is 0 Å². The summed E-state index contributed by atoms with van der Waals surface area (Å²) in [6.07, 6.45) is 0. The van der Waals surface area contributed by atoms with E-state index >= 15 is 0 Å². The summed E-state index contributed by atoms with van der Waals surface area (Å²) in [5, 5.41) is 5.49. The summed E-state index contributed by atoms with van der Waals surface area (Å²) < 4.78 is 0. The largest absolute Gasteiger partial charge is 0.314 e. The van der Waals surface area contributed by atoms with Crippen LogP contribution in [0, 0.1) is 0 Å². The van der Waals surface area contributed by atoms with Crippen molar-refractivity contribution < 1.29 is 9.59 Å². The Balaban J connectivity index is 1.62. The van der Waals surface area contributed by atoms with Gasteiger partial charge in [-0.2, -0.15) is 0 Å². The highest BCUT2D eigenvalue weighted by atomic mass is 35.5. The predicted molar refractivity (Wildman–Crippen MR) is 123 cm³/mol. The molecule has 0 saturated carbocycles. The fraction of sp³-hybridized carbons (Fsp3) is 0.190. The zero-order valence-corrected chi connectivity index (χ0v) is 19.3. The number of aromatic nitrogens is 1. The molecule has 2 heterocycles. The van der Waals surface area contributed by atoms with E-state index in [1.807, 2.05) is 37.4 Å². The van der Waals surface area contributed by atoms with E-state index in [1.165, 1.54) is 23.5 Å². The number of thiazole rings is 1. The first-order valence-corrected chi connectivity index (χ1v) is 11.0. The molecular weight excluding hydrogens is 465 g/mol. The van der Waals surface area contributed by atoms with E-state index in [4.69, 9.17) is 34.8 Å². The molecule has 0 unspecified atom stereocenters. The van der Waals surface area contributed by atoms with Crippen LogP contribution >= 0.6 is 46.1 Å². The van der Waals surface area contributed by atoms with Crippen LogP contribution in [0.25, 0.3) is 11.3 Å². The van der Waals surface area contributed by atoms with Gasteiger partial charge in [-0.05, 0) is 43.7 Å². The van der Waals surface area contributed by atoms with Gasteiger partial charge in [-0.3, -0.25) is 14.9 Å². The highest BCUT2D eigenvalue weighted by Crippen LogP contribution is 2.42. The van der Waals surface area contributed by atoms with Gasteiger partial charge < -0.3 is 4.90 Å². The number of anilines is 2. The molecular formula is C21H16Cl3N3O2S. The number of nitrogens with one attached hydrogen (secondary N) is 1. The number of hydrogen-bond donors (Lipinski definition) is 1. The lowest BCUT2D eigenvalue weighted by Gasteiger charge is -2.16. The molecule has 9 heteroatoms. The van der Waals surface area contributed by atoms with Gasteiger partial charge in [0.15, 0.2) is 5.13 Å². The van der Waals surface area contributed by atoms with Crippen molar-refractivity contribution in [3.8, 4) is 11.3 Å². The van der Waals surface area contributed by atoms with Crippen LogP contribution in [0.1, 0.15) is 29.8 Å². The van der Waals surface area contributed by atoms with Crippen molar-refractivity contribution in [3.05, 3.63) is 61.9 Å². The molecule has 3 aromatic rings. The number of fused-ring (bicyclic) bond motifs is 1. The summed E-state index contributed by atoms with van der Waals surface area (Å²) in [5.74, 6) is -0.438. The van der Waals surface area contributed by atoms with Gasteiger partial charge in [-0.1, -0.05) is 40.9 Å². The molecule has 0 spiro atoms. The Bertz CT molecular complexity index is 1210. The van der Waals surface area contributed by atoms with E-state index in [2.05, 4.69) is 10.3 Å². The minimum absolute atomic E-state index is 0.0520. The number of benzene rings is 2. The number of nitrogens with zero attached hydrogens (tertiary/aromatic N) is 2. The van der Waals surface area contributed by atoms with Gasteiger partial charge in [0.25, 0.3) is 5.91 Å². The lowest BCUT2D eigenvalue weighted by atomic mass is 9.85. The van der Waals surface area contributed by atoms with Gasteiger partial charge in [0.1, 0.15) is 0 Å². The Kier molecular flexibility index (Phi) is 5.31. The van der Waals surface area contributed by atoms with Crippen molar-refractivity contribution in [1.82, 2.24) is 4.98 Å². The second kappa shape index (κ2) is 7.54. The van der Waals surface area contributed by atoms with Crippen LogP contribution in [0.5, 0.6) is 0 Å². The number of carbonyl (C=O) groups is 2. The third-order valence-corrected chi connectivity index (χ3v) is 7.04. The third-order valence-electron chi connectivity index (χ3n) is 5.16. The maximum absolute atomic E-state index is 12.6. The summed E-state index contributed by atoms with van der Waals surface area (Å²) in [5.41, 5.74) is 2.89. The van der Waals surface area contributed by atoms with E-state index in [9.17, 15) is 9.59 Å². The second-order valence-corrected chi connectivity index (χ2v) is 9.48. The van der Waals surface area contributed by atoms with Gasteiger partial charge >= 0.3 is 0 Å². The fourth-order valence-corrected chi connectivity index (χ4v) is 4.91. The Morgan fingerprint density at radius 3 is 2.57 bits per heavy atom. The predicted octanol–water partition coefficient (Wildman–Crippen LogP) is 6.28. The molecule has 4 rings (SSSR count). The molecule has 30 heavy (non-hydrogen) atoms. The lowest BCUT2D eigenvalue weighted by molar-refractivity contribution is -0.121. The maximum Gasteiger partial charge on any atom is 0.260 e. The third kappa shape index (κ3) is 3.38. The molecule has 0 bridgehead atoms. The number of amides is 2. The minimum atomic E-state index is -0.604. The molecule has 154 valence electrons. The Hall–Kier alpha value is -2.12. The summed E-state index contributed by atoms with van der Waals surface area (Å²) in [6, 6.07) is 8.85. The molecule has 1 N–H and O–H groups in total. The van der Waals surface area contributed by atoms with Crippen molar-refractivity contribution in [1.29, 1.82) is 0 Å². The minimum Gasteiger partial charge on any atom is -0.314 e.